The summed E-state index contributed by atoms with van der Waals surface area (Å²) in [7, 11) is 0. The van der Waals surface area contributed by atoms with Gasteiger partial charge in [-0.05, 0) is 126 Å². The van der Waals surface area contributed by atoms with Gasteiger partial charge in [0.25, 0.3) is 11.8 Å². The highest BCUT2D eigenvalue weighted by molar-refractivity contribution is 6.07. The van der Waals surface area contributed by atoms with Gasteiger partial charge in [-0.25, -0.2) is 4.79 Å². The van der Waals surface area contributed by atoms with Crippen molar-refractivity contribution in [2.75, 3.05) is 56.8 Å². The number of fused-ring (bicyclic) bond motifs is 1. The van der Waals surface area contributed by atoms with Crippen LogP contribution in [0, 0.1) is 0 Å². The van der Waals surface area contributed by atoms with Crippen LogP contribution in [0.1, 0.15) is 123 Å². The van der Waals surface area contributed by atoms with Crippen molar-refractivity contribution >= 4 is 47.0 Å². The van der Waals surface area contributed by atoms with E-state index in [0.29, 0.717) is 85.5 Å². The maximum atomic E-state index is 13.7. The first-order valence-corrected chi connectivity index (χ1v) is 25.6. The largest absolute Gasteiger partial charge is 0.494 e. The summed E-state index contributed by atoms with van der Waals surface area (Å²) in [6.45, 7) is 9.96. The lowest BCUT2D eigenvalue weighted by molar-refractivity contribution is -0.137. The Kier molecular flexibility index (Phi) is 17.5. The van der Waals surface area contributed by atoms with Crippen LogP contribution in [0.2, 0.25) is 0 Å². The molecule has 0 spiro atoms. The molecule has 0 aliphatic carbocycles. The normalized spacial score (nSPS) is 16.7. The first-order chi connectivity index (χ1) is 36.1. The van der Waals surface area contributed by atoms with Crippen molar-refractivity contribution in [3.8, 4) is 17.1 Å². The Morgan fingerprint density at radius 3 is 2.37 bits per heavy atom. The smallest absolute Gasteiger partial charge is 0.410 e. The maximum absolute atomic E-state index is 13.7. The van der Waals surface area contributed by atoms with E-state index in [0.717, 1.165) is 42.6 Å². The van der Waals surface area contributed by atoms with Crippen LogP contribution < -0.4 is 26.0 Å². The molecule has 2 saturated heterocycles. The number of aromatic amines is 1. The molecule has 20 nitrogen and oxygen atoms in total. The minimum Gasteiger partial charge on any atom is -0.494 e. The third-order valence-electron chi connectivity index (χ3n) is 13.3. The van der Waals surface area contributed by atoms with Crippen molar-refractivity contribution in [1.29, 1.82) is 0 Å². The number of pyridine rings is 1. The Bertz CT molecular complexity index is 2830. The number of nitrogens with zero attached hydrogens (tertiary/aromatic N) is 5. The lowest BCUT2D eigenvalue weighted by atomic mass is 9.86. The van der Waals surface area contributed by atoms with E-state index in [1.807, 2.05) is 82.3 Å². The average molecular weight is 1030 g/mol. The second-order valence-corrected chi connectivity index (χ2v) is 20.0. The Morgan fingerprint density at radius 1 is 0.853 bits per heavy atom. The molecule has 0 bridgehead atoms. The number of carbonyl (C=O) groups is 6. The first kappa shape index (κ1) is 53.6. The predicted molar refractivity (Wildman–Crippen MR) is 277 cm³/mol. The molecule has 3 aliphatic rings. The fourth-order valence-corrected chi connectivity index (χ4v) is 9.31. The van der Waals surface area contributed by atoms with Gasteiger partial charge in [0.05, 0.1) is 25.9 Å². The quantitative estimate of drug-likeness (QED) is 0.0344. The number of rotatable bonds is 22. The minimum absolute atomic E-state index is 0.153. The molecule has 2 aromatic heterocycles. The van der Waals surface area contributed by atoms with Gasteiger partial charge in [0, 0.05) is 78.7 Å². The number of aromatic nitrogens is 4. The van der Waals surface area contributed by atoms with Crippen molar-refractivity contribution in [3.63, 3.8) is 0 Å². The number of amides is 6. The number of imide groups is 1. The summed E-state index contributed by atoms with van der Waals surface area (Å²) >= 11 is 0. The number of hydrogen-bond acceptors (Lipinski definition) is 14. The number of H-pyrrole nitrogens is 1. The third-order valence-corrected chi connectivity index (χ3v) is 13.3. The summed E-state index contributed by atoms with van der Waals surface area (Å²) in [5.74, 6) is 0.177. The van der Waals surface area contributed by atoms with E-state index in [9.17, 15) is 28.8 Å². The van der Waals surface area contributed by atoms with E-state index in [4.69, 9.17) is 18.9 Å². The number of nitrogens with one attached hydrogen (secondary N) is 5. The molecule has 0 radical (unpaired) electrons. The molecule has 3 aliphatic heterocycles. The van der Waals surface area contributed by atoms with E-state index in [1.165, 1.54) is 4.90 Å². The summed E-state index contributed by atoms with van der Waals surface area (Å²) in [6.07, 6.45) is 8.10. The van der Waals surface area contributed by atoms with Crippen LogP contribution in [0.4, 0.5) is 16.2 Å². The molecular weight excluding hydrogens is 961 g/mol. The Balaban J connectivity index is 0.724. The highest BCUT2D eigenvalue weighted by atomic mass is 16.6. The van der Waals surface area contributed by atoms with Crippen molar-refractivity contribution in [1.82, 2.24) is 40.6 Å². The number of hydrogen-bond donors (Lipinski definition) is 5. The molecule has 0 saturated carbocycles. The van der Waals surface area contributed by atoms with Crippen molar-refractivity contribution < 1.29 is 47.7 Å². The van der Waals surface area contributed by atoms with Gasteiger partial charge in [0.15, 0.2) is 11.6 Å². The number of ether oxygens (including phenoxy) is 4. The van der Waals surface area contributed by atoms with Crippen LogP contribution in [-0.2, 0) is 40.7 Å². The Labute approximate surface area is 436 Å². The lowest BCUT2D eigenvalue weighted by Gasteiger charge is -2.41. The van der Waals surface area contributed by atoms with Crippen molar-refractivity contribution in [2.45, 2.75) is 109 Å². The summed E-state index contributed by atoms with van der Waals surface area (Å²) in [5, 5.41) is 21.0. The van der Waals surface area contributed by atoms with Gasteiger partial charge >= 0.3 is 6.09 Å². The molecule has 8 rings (SSSR count). The average Bonchev–Trinajstić information content (AvgIpc) is 4.03. The van der Waals surface area contributed by atoms with E-state index in [-0.39, 0.29) is 68.4 Å². The molecule has 5 N–H and O–H groups in total. The molecule has 20 heteroatoms. The minimum atomic E-state index is -0.740. The van der Waals surface area contributed by atoms with Crippen LogP contribution in [-0.4, -0.2) is 123 Å². The Hall–Kier alpha value is -7.71. The third kappa shape index (κ3) is 14.1. The SMILES string of the molecule is C[C@H](NC(=O)c1cccc(NC2(c3nnc(-c4ccncc4)[nH]3)CCN(C(=O)OC(C)(C)C)CC2)c1)c1cccc(OCCCCCCOCCOCC(=O)Nc2cccc3c2CN(C2CCC(=O)NC2=O)C3=O)c1. The van der Waals surface area contributed by atoms with Crippen LogP contribution in [0.25, 0.3) is 11.4 Å². The number of benzene rings is 3. The van der Waals surface area contributed by atoms with E-state index >= 15 is 0 Å². The van der Waals surface area contributed by atoms with E-state index in [1.54, 1.807) is 41.6 Å². The number of piperidine rings is 2. The maximum Gasteiger partial charge on any atom is 0.410 e. The standard InChI is InChI=1S/C55H66N10O10/c1-36(57-49(68)39-13-9-14-40(32-39)61-55(22-26-64(27-23-55)53(71)75-54(2,3)4)52-60-48(62-63-52)37-20-24-56-25-21-37)38-12-10-15-41(33-38)74-29-8-6-5-7-28-72-30-31-73-35-47(67)58-44-17-11-16-42-43(44)34-65(51(42)70)45-18-19-46(66)59-50(45)69/h9-17,20-21,24-25,32-33,36,45,61H,5-8,18-19,22-23,26-31,34-35H2,1-4H3,(H,57,68)(H,58,67)(H,59,66,69)(H,60,62,63)/t36-,45?/m0/s1. The van der Waals surface area contributed by atoms with Gasteiger partial charge in [0.1, 0.15) is 29.5 Å². The second kappa shape index (κ2) is 24.5. The molecule has 5 aromatic rings. The van der Waals surface area contributed by atoms with Gasteiger partial charge in [-0.2, -0.15) is 0 Å². The number of unbranched alkanes of at least 4 members (excludes halogenated alkanes) is 3. The number of carbonyl (C=O) groups excluding carboxylic acids is 6. The summed E-state index contributed by atoms with van der Waals surface area (Å²) in [5.41, 5.74) is 3.10. The molecule has 2 atom stereocenters. The van der Waals surface area contributed by atoms with Gasteiger partial charge in [-0.1, -0.05) is 30.7 Å². The molecule has 396 valence electrons. The highest BCUT2D eigenvalue weighted by Gasteiger charge is 2.42. The molecule has 2 fully saturated rings. The van der Waals surface area contributed by atoms with Gasteiger partial charge in [-0.15, -0.1) is 10.2 Å². The summed E-state index contributed by atoms with van der Waals surface area (Å²) < 4.78 is 23.0. The van der Waals surface area contributed by atoms with E-state index in [2.05, 4.69) is 41.4 Å². The van der Waals surface area contributed by atoms with Crippen molar-refractivity contribution in [2.24, 2.45) is 0 Å². The zero-order chi connectivity index (χ0) is 53.0. The molecule has 3 aromatic carbocycles. The van der Waals surface area contributed by atoms with Crippen LogP contribution in [0.5, 0.6) is 5.75 Å². The monoisotopic (exact) mass is 1030 g/mol. The molecule has 6 amide bonds. The van der Waals surface area contributed by atoms with Gasteiger partial charge in [-0.3, -0.25) is 34.3 Å². The van der Waals surface area contributed by atoms with Crippen molar-refractivity contribution in [3.05, 3.63) is 119 Å². The molecule has 1 unspecified atom stereocenters. The fourth-order valence-electron chi connectivity index (χ4n) is 9.31. The Morgan fingerprint density at radius 2 is 1.60 bits per heavy atom. The highest BCUT2D eigenvalue weighted by Crippen LogP contribution is 2.37. The summed E-state index contributed by atoms with van der Waals surface area (Å²) in [4.78, 5) is 87.2. The second-order valence-electron chi connectivity index (χ2n) is 20.0. The summed E-state index contributed by atoms with van der Waals surface area (Å²) in [6, 6.07) is 22.8. The number of anilines is 2. The zero-order valence-corrected chi connectivity index (χ0v) is 42.9. The molecule has 5 heterocycles. The number of likely N-dealkylation sites (tertiary alicyclic amines) is 1. The van der Waals surface area contributed by atoms with Crippen LogP contribution in [0.3, 0.4) is 0 Å². The van der Waals surface area contributed by atoms with Gasteiger partial charge < -0.3 is 49.7 Å². The zero-order valence-electron chi connectivity index (χ0n) is 42.9. The van der Waals surface area contributed by atoms with Crippen LogP contribution in [0.15, 0.2) is 91.3 Å². The molecule has 75 heavy (non-hydrogen) atoms. The fraction of sp³-hybridized carbons (Fsp3) is 0.436. The lowest BCUT2D eigenvalue weighted by Crippen LogP contribution is -2.52. The predicted octanol–water partition coefficient (Wildman–Crippen LogP) is 7.07. The topological polar surface area (TPSA) is 248 Å². The van der Waals surface area contributed by atoms with Crippen LogP contribution >= 0.6 is 0 Å². The first-order valence-electron chi connectivity index (χ1n) is 25.6. The molecular formula is C55H66N10O10. The van der Waals surface area contributed by atoms with E-state index < -0.39 is 23.1 Å². The van der Waals surface area contributed by atoms with Gasteiger partial charge in [0.2, 0.25) is 17.7 Å².